The van der Waals surface area contributed by atoms with Gasteiger partial charge in [-0.3, -0.25) is 0 Å². The maximum atomic E-state index is 10.1. The summed E-state index contributed by atoms with van der Waals surface area (Å²) in [5, 5.41) is 0. The van der Waals surface area contributed by atoms with Crippen molar-refractivity contribution in [2.45, 2.75) is 33.1 Å². The Morgan fingerprint density at radius 2 is 2.06 bits per heavy atom. The highest BCUT2D eigenvalue weighted by atomic mass is 16.1. The van der Waals surface area contributed by atoms with Crippen LogP contribution in [0.5, 0.6) is 0 Å². The van der Waals surface area contributed by atoms with Gasteiger partial charge in [0, 0.05) is 5.92 Å². The summed E-state index contributed by atoms with van der Waals surface area (Å²) < 4.78 is 0. The molecule has 0 aromatic heterocycles. The van der Waals surface area contributed by atoms with Crippen molar-refractivity contribution >= 4 is 11.7 Å². The molecule has 17 heavy (non-hydrogen) atoms. The van der Waals surface area contributed by atoms with E-state index in [0.717, 1.165) is 6.42 Å². The first-order valence-electron chi connectivity index (χ1n) is 5.99. The summed E-state index contributed by atoms with van der Waals surface area (Å²) in [5.74, 6) is 0.316. The van der Waals surface area contributed by atoms with Crippen LogP contribution in [0.3, 0.4) is 0 Å². The van der Waals surface area contributed by atoms with Crippen molar-refractivity contribution in [3.8, 4) is 0 Å². The maximum absolute atomic E-state index is 10.1. The summed E-state index contributed by atoms with van der Waals surface area (Å²) in [5.41, 5.74) is 3.75. The van der Waals surface area contributed by atoms with Crippen LogP contribution in [0.4, 0.5) is 0 Å². The van der Waals surface area contributed by atoms with E-state index in [4.69, 9.17) is 0 Å². The third-order valence-electron chi connectivity index (χ3n) is 3.14. The van der Waals surface area contributed by atoms with E-state index in [2.05, 4.69) is 49.2 Å². The van der Waals surface area contributed by atoms with Crippen molar-refractivity contribution in [2.24, 2.45) is 4.99 Å². The summed E-state index contributed by atoms with van der Waals surface area (Å²) >= 11 is 0. The average Bonchev–Trinajstić information content (AvgIpc) is 2.39. The molecule has 0 N–H and O–H groups in total. The third kappa shape index (κ3) is 3.69. The Balaban J connectivity index is 2.88. The van der Waals surface area contributed by atoms with E-state index in [1.807, 2.05) is 6.92 Å². The minimum Gasteiger partial charge on any atom is -0.211 e. The molecule has 1 rings (SSSR count). The van der Waals surface area contributed by atoms with Gasteiger partial charge in [-0.2, -0.15) is 0 Å². The Kier molecular flexibility index (Phi) is 5.38. The highest BCUT2D eigenvalue weighted by molar-refractivity contribution is 5.63. The molecule has 1 aromatic rings. The molecule has 0 saturated heterocycles. The SMILES string of the molecule is CC=C(C)c1ccc(C(CC)CN=C=O)cc1. The van der Waals surface area contributed by atoms with Gasteiger partial charge in [0.15, 0.2) is 0 Å². The molecule has 1 aromatic carbocycles. The van der Waals surface area contributed by atoms with Crippen LogP contribution in [0.15, 0.2) is 35.3 Å². The first kappa shape index (κ1) is 13.4. The molecule has 1 atom stereocenters. The molecule has 0 aliphatic carbocycles. The predicted octanol–water partition coefficient (Wildman–Crippen LogP) is 3.94. The maximum Gasteiger partial charge on any atom is 0.234 e. The van der Waals surface area contributed by atoms with Gasteiger partial charge in [0.25, 0.3) is 0 Å². The largest absolute Gasteiger partial charge is 0.234 e. The lowest BCUT2D eigenvalue weighted by Gasteiger charge is -2.12. The summed E-state index contributed by atoms with van der Waals surface area (Å²) in [4.78, 5) is 13.8. The van der Waals surface area contributed by atoms with Gasteiger partial charge in [0.2, 0.25) is 6.08 Å². The zero-order chi connectivity index (χ0) is 12.7. The third-order valence-corrected chi connectivity index (χ3v) is 3.14. The van der Waals surface area contributed by atoms with Crippen LogP contribution >= 0.6 is 0 Å². The number of aliphatic imine (C=N–C) groups is 1. The minimum absolute atomic E-state index is 0.316. The molecule has 1 unspecified atom stereocenters. The molecule has 0 bridgehead atoms. The van der Waals surface area contributed by atoms with Gasteiger partial charge in [0.1, 0.15) is 0 Å². The highest BCUT2D eigenvalue weighted by Crippen LogP contribution is 2.22. The number of rotatable bonds is 5. The topological polar surface area (TPSA) is 29.4 Å². The van der Waals surface area contributed by atoms with E-state index in [1.165, 1.54) is 16.7 Å². The van der Waals surface area contributed by atoms with Gasteiger partial charge >= 0.3 is 0 Å². The smallest absolute Gasteiger partial charge is 0.211 e. The van der Waals surface area contributed by atoms with E-state index in [-0.39, 0.29) is 0 Å². The van der Waals surface area contributed by atoms with Gasteiger partial charge in [-0.05, 0) is 37.0 Å². The van der Waals surface area contributed by atoms with Crippen molar-refractivity contribution in [3.63, 3.8) is 0 Å². The van der Waals surface area contributed by atoms with Crippen molar-refractivity contribution in [3.05, 3.63) is 41.5 Å². The lowest BCUT2D eigenvalue weighted by atomic mass is 9.94. The molecule has 0 aliphatic rings. The summed E-state index contributed by atoms with van der Waals surface area (Å²) in [6, 6.07) is 8.49. The van der Waals surface area contributed by atoms with Crippen LogP contribution in [-0.2, 0) is 4.79 Å². The number of allylic oxidation sites excluding steroid dienone is 2. The highest BCUT2D eigenvalue weighted by Gasteiger charge is 2.08. The van der Waals surface area contributed by atoms with Crippen molar-refractivity contribution in [1.82, 2.24) is 0 Å². The van der Waals surface area contributed by atoms with Crippen LogP contribution in [0, 0.1) is 0 Å². The number of isocyanates is 1. The van der Waals surface area contributed by atoms with E-state index in [0.29, 0.717) is 12.5 Å². The fourth-order valence-electron chi connectivity index (χ4n) is 1.80. The number of benzene rings is 1. The fourth-order valence-corrected chi connectivity index (χ4v) is 1.80. The average molecular weight is 229 g/mol. The van der Waals surface area contributed by atoms with Gasteiger partial charge in [-0.1, -0.05) is 37.3 Å². The number of carbonyl (C=O) groups excluding carboxylic acids is 1. The lowest BCUT2D eigenvalue weighted by Crippen LogP contribution is -2.01. The van der Waals surface area contributed by atoms with Crippen molar-refractivity contribution < 1.29 is 4.79 Å². The molecule has 2 heteroatoms. The second-order valence-electron chi connectivity index (χ2n) is 4.13. The van der Waals surface area contributed by atoms with Gasteiger partial charge < -0.3 is 0 Å². The molecule has 0 heterocycles. The van der Waals surface area contributed by atoms with Crippen molar-refractivity contribution in [1.29, 1.82) is 0 Å². The normalized spacial score (nSPS) is 13.0. The van der Waals surface area contributed by atoms with Gasteiger partial charge in [-0.15, -0.1) is 0 Å². The first-order chi connectivity index (χ1) is 8.22. The molecular weight excluding hydrogens is 210 g/mol. The van der Waals surface area contributed by atoms with Crippen LogP contribution in [0.1, 0.15) is 44.2 Å². The molecule has 0 radical (unpaired) electrons. The summed E-state index contributed by atoms with van der Waals surface area (Å²) in [6.07, 6.45) is 4.69. The summed E-state index contributed by atoms with van der Waals surface area (Å²) in [6.45, 7) is 6.78. The zero-order valence-electron chi connectivity index (χ0n) is 10.7. The van der Waals surface area contributed by atoms with Crippen LogP contribution in [0.25, 0.3) is 5.57 Å². The minimum atomic E-state index is 0.316. The number of hydrogen-bond donors (Lipinski definition) is 0. The second kappa shape index (κ2) is 6.82. The van der Waals surface area contributed by atoms with Crippen LogP contribution in [0.2, 0.25) is 0 Å². The number of hydrogen-bond acceptors (Lipinski definition) is 2. The Bertz CT molecular complexity index is 425. The predicted molar refractivity (Wildman–Crippen MR) is 71.8 cm³/mol. The van der Waals surface area contributed by atoms with E-state index >= 15 is 0 Å². The van der Waals surface area contributed by atoms with Crippen LogP contribution < -0.4 is 0 Å². The molecule has 0 spiro atoms. The van der Waals surface area contributed by atoms with Gasteiger partial charge in [-0.25, -0.2) is 9.79 Å². The Morgan fingerprint density at radius 1 is 1.41 bits per heavy atom. The van der Waals surface area contributed by atoms with Crippen LogP contribution in [-0.4, -0.2) is 12.6 Å². The number of nitrogens with zero attached hydrogens (tertiary/aromatic N) is 1. The monoisotopic (exact) mass is 229 g/mol. The Labute approximate surface area is 103 Å². The van der Waals surface area contributed by atoms with Crippen molar-refractivity contribution in [2.75, 3.05) is 6.54 Å². The molecule has 0 aliphatic heterocycles. The summed E-state index contributed by atoms with van der Waals surface area (Å²) in [7, 11) is 0. The molecular formula is C15H19NO. The molecule has 90 valence electrons. The second-order valence-corrected chi connectivity index (χ2v) is 4.13. The Hall–Kier alpha value is -1.66. The van der Waals surface area contributed by atoms with E-state index < -0.39 is 0 Å². The van der Waals surface area contributed by atoms with E-state index in [9.17, 15) is 4.79 Å². The zero-order valence-corrected chi connectivity index (χ0v) is 10.7. The molecule has 2 nitrogen and oxygen atoms in total. The molecule has 0 saturated carbocycles. The first-order valence-corrected chi connectivity index (χ1v) is 5.99. The lowest BCUT2D eigenvalue weighted by molar-refractivity contribution is 0.559. The Morgan fingerprint density at radius 3 is 2.53 bits per heavy atom. The molecule has 0 fully saturated rings. The standard InChI is InChI=1S/C15H19NO/c1-4-12(3)14-6-8-15(9-7-14)13(5-2)10-16-11-17/h4,6-9,13H,5,10H2,1-3H3. The molecule has 0 amide bonds. The van der Waals surface area contributed by atoms with E-state index in [1.54, 1.807) is 6.08 Å². The quantitative estimate of drug-likeness (QED) is 0.555. The van der Waals surface area contributed by atoms with Gasteiger partial charge in [0.05, 0.1) is 6.54 Å². The fraction of sp³-hybridized carbons (Fsp3) is 0.400.